The predicted octanol–water partition coefficient (Wildman–Crippen LogP) is 2.91. The molecular formula is C14H12N2O. The summed E-state index contributed by atoms with van der Waals surface area (Å²) in [6.45, 7) is 0.588. The maximum Gasteiger partial charge on any atom is 0.123 e. The number of rotatable bonds is 3. The molecular weight excluding hydrogens is 212 g/mol. The molecule has 17 heavy (non-hydrogen) atoms. The van der Waals surface area contributed by atoms with Crippen molar-refractivity contribution in [1.29, 1.82) is 0 Å². The number of ether oxygens (including phenoxy) is 1. The zero-order chi connectivity index (χ0) is 11.5. The van der Waals surface area contributed by atoms with E-state index >= 15 is 0 Å². The van der Waals surface area contributed by atoms with E-state index in [-0.39, 0.29) is 0 Å². The first-order valence-corrected chi connectivity index (χ1v) is 5.50. The van der Waals surface area contributed by atoms with Gasteiger partial charge >= 0.3 is 0 Å². The first kappa shape index (κ1) is 9.90. The number of nitrogens with zero attached hydrogens (tertiary/aromatic N) is 2. The van der Waals surface area contributed by atoms with Crippen LogP contribution in [0.1, 0.15) is 5.56 Å². The first-order chi connectivity index (χ1) is 8.42. The standard InChI is InChI=1S/C14H12N2O/c1-2-4-12(5-3-1)10-17-14-6-7-16-11-15-9-13(16)8-14/h1-9,11H,10H2. The molecule has 3 nitrogen and oxygen atoms in total. The van der Waals surface area contributed by atoms with Crippen molar-refractivity contribution < 1.29 is 4.74 Å². The number of hydrogen-bond acceptors (Lipinski definition) is 2. The van der Waals surface area contributed by atoms with Gasteiger partial charge in [0.25, 0.3) is 0 Å². The molecule has 0 unspecified atom stereocenters. The topological polar surface area (TPSA) is 26.5 Å². The van der Waals surface area contributed by atoms with Gasteiger partial charge in [-0.15, -0.1) is 0 Å². The third-order valence-electron chi connectivity index (χ3n) is 2.63. The molecule has 3 heteroatoms. The van der Waals surface area contributed by atoms with E-state index in [1.807, 2.05) is 47.1 Å². The Hall–Kier alpha value is -2.29. The zero-order valence-electron chi connectivity index (χ0n) is 9.28. The average Bonchev–Trinajstić information content (AvgIpc) is 2.85. The molecule has 3 aromatic rings. The molecule has 0 bridgehead atoms. The van der Waals surface area contributed by atoms with Gasteiger partial charge in [-0.2, -0.15) is 0 Å². The van der Waals surface area contributed by atoms with Crippen LogP contribution in [0.4, 0.5) is 0 Å². The van der Waals surface area contributed by atoms with Crippen molar-refractivity contribution in [2.24, 2.45) is 0 Å². The molecule has 0 saturated heterocycles. The molecule has 0 spiro atoms. The molecule has 1 aromatic carbocycles. The van der Waals surface area contributed by atoms with Crippen molar-refractivity contribution >= 4 is 5.52 Å². The Morgan fingerprint density at radius 3 is 2.88 bits per heavy atom. The fourth-order valence-electron chi connectivity index (χ4n) is 1.73. The highest BCUT2D eigenvalue weighted by atomic mass is 16.5. The molecule has 0 aliphatic carbocycles. The molecule has 0 fully saturated rings. The Balaban J connectivity index is 1.76. The highest BCUT2D eigenvalue weighted by Crippen LogP contribution is 2.15. The van der Waals surface area contributed by atoms with Crippen molar-refractivity contribution in [3.05, 3.63) is 66.7 Å². The van der Waals surface area contributed by atoms with Crippen molar-refractivity contribution in [3.63, 3.8) is 0 Å². The SMILES string of the molecule is c1ccc(COc2ccn3cncc3c2)cc1. The minimum Gasteiger partial charge on any atom is -0.489 e. The summed E-state index contributed by atoms with van der Waals surface area (Å²) in [5.41, 5.74) is 2.21. The monoisotopic (exact) mass is 224 g/mol. The number of aromatic nitrogens is 2. The van der Waals surface area contributed by atoms with E-state index in [1.54, 1.807) is 6.33 Å². The molecule has 0 N–H and O–H groups in total. The van der Waals surface area contributed by atoms with Crippen LogP contribution in [0.5, 0.6) is 5.75 Å². The molecule has 84 valence electrons. The van der Waals surface area contributed by atoms with Gasteiger partial charge in [0.2, 0.25) is 0 Å². The van der Waals surface area contributed by atoms with Gasteiger partial charge < -0.3 is 9.14 Å². The van der Waals surface area contributed by atoms with Crippen molar-refractivity contribution in [3.8, 4) is 5.75 Å². The van der Waals surface area contributed by atoms with E-state index in [2.05, 4.69) is 17.1 Å². The van der Waals surface area contributed by atoms with Gasteiger partial charge in [-0.1, -0.05) is 30.3 Å². The van der Waals surface area contributed by atoms with Gasteiger partial charge in [0.05, 0.1) is 18.0 Å². The van der Waals surface area contributed by atoms with Crippen LogP contribution in [-0.4, -0.2) is 9.38 Å². The van der Waals surface area contributed by atoms with Crippen LogP contribution in [0.2, 0.25) is 0 Å². The molecule has 0 saturated carbocycles. The van der Waals surface area contributed by atoms with Crippen LogP contribution < -0.4 is 4.74 Å². The number of hydrogen-bond donors (Lipinski definition) is 0. The summed E-state index contributed by atoms with van der Waals surface area (Å²) < 4.78 is 7.68. The molecule has 0 radical (unpaired) electrons. The summed E-state index contributed by atoms with van der Waals surface area (Å²) in [4.78, 5) is 4.07. The smallest absolute Gasteiger partial charge is 0.123 e. The van der Waals surface area contributed by atoms with E-state index in [9.17, 15) is 0 Å². The minimum absolute atomic E-state index is 0.588. The molecule has 0 aliphatic rings. The molecule has 2 aromatic heterocycles. The van der Waals surface area contributed by atoms with Gasteiger partial charge in [-0.05, 0) is 11.6 Å². The lowest BCUT2D eigenvalue weighted by Gasteiger charge is -2.06. The van der Waals surface area contributed by atoms with Gasteiger partial charge in [0.15, 0.2) is 0 Å². The summed E-state index contributed by atoms with van der Waals surface area (Å²) in [5.74, 6) is 0.863. The number of pyridine rings is 1. The third kappa shape index (κ3) is 2.13. The summed E-state index contributed by atoms with van der Waals surface area (Å²) in [6.07, 6.45) is 5.54. The van der Waals surface area contributed by atoms with Gasteiger partial charge in [-0.3, -0.25) is 0 Å². The highest BCUT2D eigenvalue weighted by molar-refractivity contribution is 5.49. The second-order valence-corrected chi connectivity index (χ2v) is 3.86. The van der Waals surface area contributed by atoms with E-state index < -0.39 is 0 Å². The summed E-state index contributed by atoms with van der Waals surface area (Å²) >= 11 is 0. The third-order valence-corrected chi connectivity index (χ3v) is 2.63. The van der Waals surface area contributed by atoms with E-state index in [0.717, 1.165) is 11.3 Å². The quantitative estimate of drug-likeness (QED) is 0.683. The van der Waals surface area contributed by atoms with Crippen molar-refractivity contribution in [1.82, 2.24) is 9.38 Å². The summed E-state index contributed by atoms with van der Waals surface area (Å²) in [6, 6.07) is 14.1. The van der Waals surface area contributed by atoms with Crippen molar-refractivity contribution in [2.45, 2.75) is 6.61 Å². The van der Waals surface area contributed by atoms with Crippen molar-refractivity contribution in [2.75, 3.05) is 0 Å². The Morgan fingerprint density at radius 1 is 1.12 bits per heavy atom. The Bertz CT molecular complexity index is 616. The van der Waals surface area contributed by atoms with E-state index in [4.69, 9.17) is 4.74 Å². The van der Waals surface area contributed by atoms with Crippen LogP contribution in [0, 0.1) is 0 Å². The van der Waals surface area contributed by atoms with Crippen LogP contribution in [0.25, 0.3) is 5.52 Å². The molecule has 0 aliphatic heterocycles. The lowest BCUT2D eigenvalue weighted by molar-refractivity contribution is 0.306. The molecule has 3 rings (SSSR count). The van der Waals surface area contributed by atoms with E-state index in [0.29, 0.717) is 6.61 Å². The number of fused-ring (bicyclic) bond motifs is 1. The van der Waals surface area contributed by atoms with Crippen LogP contribution in [-0.2, 0) is 6.61 Å². The minimum atomic E-state index is 0.588. The van der Waals surface area contributed by atoms with Crippen LogP contribution in [0.15, 0.2) is 61.2 Å². The Kier molecular flexibility index (Phi) is 2.50. The maximum absolute atomic E-state index is 5.73. The number of benzene rings is 1. The normalized spacial score (nSPS) is 10.6. The predicted molar refractivity (Wildman–Crippen MR) is 66.0 cm³/mol. The fraction of sp³-hybridized carbons (Fsp3) is 0.0714. The average molecular weight is 224 g/mol. The van der Waals surface area contributed by atoms with Gasteiger partial charge in [0, 0.05) is 12.3 Å². The second kappa shape index (κ2) is 4.29. The molecule has 0 atom stereocenters. The molecule has 2 heterocycles. The van der Waals surface area contributed by atoms with Gasteiger partial charge in [0.1, 0.15) is 12.4 Å². The first-order valence-electron chi connectivity index (χ1n) is 5.50. The zero-order valence-corrected chi connectivity index (χ0v) is 9.28. The summed E-state index contributed by atoms with van der Waals surface area (Å²) in [5, 5.41) is 0. The van der Waals surface area contributed by atoms with Gasteiger partial charge in [-0.25, -0.2) is 4.98 Å². The Labute approximate surface area is 99.3 Å². The maximum atomic E-state index is 5.73. The Morgan fingerprint density at radius 2 is 2.00 bits per heavy atom. The molecule has 0 amide bonds. The van der Waals surface area contributed by atoms with E-state index in [1.165, 1.54) is 5.56 Å². The van der Waals surface area contributed by atoms with Crippen LogP contribution in [0.3, 0.4) is 0 Å². The lowest BCUT2D eigenvalue weighted by Crippen LogP contribution is -1.95. The fourth-order valence-corrected chi connectivity index (χ4v) is 1.73. The second-order valence-electron chi connectivity index (χ2n) is 3.86. The van der Waals surface area contributed by atoms with Crippen LogP contribution >= 0.6 is 0 Å². The largest absolute Gasteiger partial charge is 0.489 e. The lowest BCUT2D eigenvalue weighted by atomic mass is 10.2. The summed E-state index contributed by atoms with van der Waals surface area (Å²) in [7, 11) is 0. The number of imidazole rings is 1. The highest BCUT2D eigenvalue weighted by Gasteiger charge is 1.98.